The van der Waals surface area contributed by atoms with E-state index in [-0.39, 0.29) is 6.04 Å². The number of nitrogens with zero attached hydrogens (tertiary/aromatic N) is 3. The molecule has 1 unspecified atom stereocenters. The molecule has 6 heteroatoms. The normalized spacial score (nSPS) is 20.1. The average molecular weight is 240 g/mol. The van der Waals surface area contributed by atoms with Crippen molar-refractivity contribution in [2.45, 2.75) is 37.9 Å². The molecular formula is C10H16N4OS. The Kier molecular flexibility index (Phi) is 3.32. The molecule has 1 aromatic heterocycles. The zero-order valence-electron chi connectivity index (χ0n) is 9.64. The number of hydrogen-bond acceptors (Lipinski definition) is 6. The number of aliphatic hydroxyl groups excluding tert-OH is 1. The highest BCUT2D eigenvalue weighted by molar-refractivity contribution is 7.98. The molecule has 2 rings (SSSR count). The van der Waals surface area contributed by atoms with Crippen molar-refractivity contribution in [3.63, 3.8) is 0 Å². The SMILES string of the molecule is CSc1ncc2c(n1)N(C(C)C)C(O)NC2. The van der Waals surface area contributed by atoms with Gasteiger partial charge in [-0.2, -0.15) is 0 Å². The number of fused-ring (bicyclic) bond motifs is 1. The van der Waals surface area contributed by atoms with E-state index >= 15 is 0 Å². The molecule has 0 saturated heterocycles. The van der Waals surface area contributed by atoms with Crippen LogP contribution in [0.25, 0.3) is 0 Å². The van der Waals surface area contributed by atoms with E-state index in [0.717, 1.165) is 16.5 Å². The van der Waals surface area contributed by atoms with Gasteiger partial charge in [0.25, 0.3) is 0 Å². The first kappa shape index (κ1) is 11.6. The Hall–Kier alpha value is -0.850. The molecule has 2 heterocycles. The summed E-state index contributed by atoms with van der Waals surface area (Å²) < 4.78 is 0. The highest BCUT2D eigenvalue weighted by Crippen LogP contribution is 2.26. The molecule has 88 valence electrons. The highest BCUT2D eigenvalue weighted by atomic mass is 32.2. The number of rotatable bonds is 2. The van der Waals surface area contributed by atoms with Crippen molar-refractivity contribution in [3.8, 4) is 0 Å². The van der Waals surface area contributed by atoms with E-state index in [1.165, 1.54) is 11.8 Å². The second-order valence-corrected chi connectivity index (χ2v) is 4.73. The van der Waals surface area contributed by atoms with E-state index in [1.54, 1.807) is 0 Å². The van der Waals surface area contributed by atoms with E-state index in [9.17, 15) is 5.11 Å². The molecule has 1 atom stereocenters. The summed E-state index contributed by atoms with van der Waals surface area (Å²) in [5, 5.41) is 13.6. The Bertz CT molecular complexity index is 385. The molecule has 0 amide bonds. The Balaban J connectivity index is 2.44. The van der Waals surface area contributed by atoms with Gasteiger partial charge in [0.05, 0.1) is 0 Å². The molecule has 0 saturated carbocycles. The quantitative estimate of drug-likeness (QED) is 0.589. The van der Waals surface area contributed by atoms with Gasteiger partial charge >= 0.3 is 0 Å². The summed E-state index contributed by atoms with van der Waals surface area (Å²) in [7, 11) is 0. The summed E-state index contributed by atoms with van der Waals surface area (Å²) in [4.78, 5) is 10.6. The summed E-state index contributed by atoms with van der Waals surface area (Å²) in [5.41, 5.74) is 1.02. The van der Waals surface area contributed by atoms with Gasteiger partial charge in [-0.25, -0.2) is 9.97 Å². The fraction of sp³-hybridized carbons (Fsp3) is 0.600. The maximum Gasteiger partial charge on any atom is 0.189 e. The lowest BCUT2D eigenvalue weighted by atomic mass is 10.2. The summed E-state index contributed by atoms with van der Waals surface area (Å²) in [6.45, 7) is 4.66. The molecule has 0 aromatic carbocycles. The summed E-state index contributed by atoms with van der Waals surface area (Å²) in [6.07, 6.45) is 3.10. The number of aromatic nitrogens is 2. The van der Waals surface area contributed by atoms with Gasteiger partial charge in [-0.3, -0.25) is 5.32 Å². The summed E-state index contributed by atoms with van der Waals surface area (Å²) >= 11 is 1.51. The molecule has 0 spiro atoms. The lowest BCUT2D eigenvalue weighted by Crippen LogP contribution is -2.53. The number of nitrogens with one attached hydrogen (secondary N) is 1. The van der Waals surface area contributed by atoms with Gasteiger partial charge in [0.15, 0.2) is 11.5 Å². The first-order chi connectivity index (χ1) is 7.63. The maximum atomic E-state index is 9.90. The van der Waals surface area contributed by atoms with Gasteiger partial charge in [-0.15, -0.1) is 0 Å². The minimum absolute atomic E-state index is 0.186. The molecule has 1 aromatic rings. The van der Waals surface area contributed by atoms with Crippen molar-refractivity contribution >= 4 is 17.6 Å². The Morgan fingerprint density at radius 3 is 3.00 bits per heavy atom. The second-order valence-electron chi connectivity index (χ2n) is 3.96. The third kappa shape index (κ3) is 2.00. The minimum Gasteiger partial charge on any atom is -0.361 e. The van der Waals surface area contributed by atoms with Crippen LogP contribution in [0.15, 0.2) is 11.4 Å². The fourth-order valence-corrected chi connectivity index (χ4v) is 2.11. The van der Waals surface area contributed by atoms with E-state index in [1.807, 2.05) is 31.2 Å². The van der Waals surface area contributed by atoms with Crippen molar-refractivity contribution in [3.05, 3.63) is 11.8 Å². The summed E-state index contributed by atoms with van der Waals surface area (Å²) in [5.74, 6) is 0.834. The third-order valence-corrected chi connectivity index (χ3v) is 3.10. The monoisotopic (exact) mass is 240 g/mol. The molecule has 16 heavy (non-hydrogen) atoms. The van der Waals surface area contributed by atoms with Crippen LogP contribution >= 0.6 is 11.8 Å². The van der Waals surface area contributed by atoms with E-state index in [4.69, 9.17) is 0 Å². The first-order valence-corrected chi connectivity index (χ1v) is 6.45. The van der Waals surface area contributed by atoms with Crippen LogP contribution in [0.4, 0.5) is 5.82 Å². The number of hydrogen-bond donors (Lipinski definition) is 2. The molecule has 1 aliphatic rings. The maximum absolute atomic E-state index is 9.90. The Labute approximate surface area is 99.3 Å². The molecule has 2 N–H and O–H groups in total. The third-order valence-electron chi connectivity index (χ3n) is 2.54. The van der Waals surface area contributed by atoms with Crippen LogP contribution in [-0.4, -0.2) is 33.7 Å². The van der Waals surface area contributed by atoms with Crippen LogP contribution in [0.5, 0.6) is 0 Å². The lowest BCUT2D eigenvalue weighted by molar-refractivity contribution is 0.115. The topological polar surface area (TPSA) is 61.3 Å². The van der Waals surface area contributed by atoms with Crippen LogP contribution in [0, 0.1) is 0 Å². The molecule has 0 aliphatic carbocycles. The zero-order chi connectivity index (χ0) is 11.7. The van der Waals surface area contributed by atoms with Crippen molar-refractivity contribution in [2.24, 2.45) is 0 Å². The molecular weight excluding hydrogens is 224 g/mol. The first-order valence-electron chi connectivity index (χ1n) is 5.23. The second kappa shape index (κ2) is 4.57. The average Bonchev–Trinajstić information content (AvgIpc) is 2.27. The summed E-state index contributed by atoms with van der Waals surface area (Å²) in [6, 6.07) is 0.186. The van der Waals surface area contributed by atoms with Crippen LogP contribution in [0.1, 0.15) is 19.4 Å². The van der Waals surface area contributed by atoms with Crippen LogP contribution in [-0.2, 0) is 6.54 Å². The molecule has 0 bridgehead atoms. The predicted octanol–water partition coefficient (Wildman–Crippen LogP) is 0.792. The van der Waals surface area contributed by atoms with E-state index < -0.39 is 6.35 Å². The van der Waals surface area contributed by atoms with Crippen molar-refractivity contribution in [2.75, 3.05) is 11.2 Å². The standard InChI is InChI=1S/C10H16N4OS/c1-6(2)14-8-7(5-12-10(14)15)4-11-9(13-8)16-3/h4,6,10,12,15H,5H2,1-3H3. The molecule has 0 radical (unpaired) electrons. The number of thioether (sulfide) groups is 1. The molecule has 0 fully saturated rings. The zero-order valence-corrected chi connectivity index (χ0v) is 10.5. The van der Waals surface area contributed by atoms with Crippen LogP contribution < -0.4 is 10.2 Å². The van der Waals surface area contributed by atoms with Gasteiger partial charge in [-0.1, -0.05) is 11.8 Å². The van der Waals surface area contributed by atoms with Gasteiger partial charge in [0.2, 0.25) is 0 Å². The van der Waals surface area contributed by atoms with E-state index in [2.05, 4.69) is 15.3 Å². The van der Waals surface area contributed by atoms with Gasteiger partial charge in [0.1, 0.15) is 5.82 Å². The predicted molar refractivity (Wildman–Crippen MR) is 64.3 cm³/mol. The fourth-order valence-electron chi connectivity index (χ4n) is 1.77. The van der Waals surface area contributed by atoms with Gasteiger partial charge in [-0.05, 0) is 20.1 Å². The van der Waals surface area contributed by atoms with Crippen molar-refractivity contribution < 1.29 is 5.11 Å². The van der Waals surface area contributed by atoms with Crippen LogP contribution in [0.2, 0.25) is 0 Å². The Morgan fingerprint density at radius 1 is 1.62 bits per heavy atom. The largest absolute Gasteiger partial charge is 0.361 e. The highest BCUT2D eigenvalue weighted by Gasteiger charge is 2.27. The van der Waals surface area contributed by atoms with Crippen molar-refractivity contribution in [1.29, 1.82) is 0 Å². The number of anilines is 1. The number of aliphatic hydroxyl groups is 1. The lowest BCUT2D eigenvalue weighted by Gasteiger charge is -2.37. The van der Waals surface area contributed by atoms with Gasteiger partial charge in [0, 0.05) is 24.3 Å². The van der Waals surface area contributed by atoms with E-state index in [0.29, 0.717) is 6.54 Å². The minimum atomic E-state index is -0.669. The Morgan fingerprint density at radius 2 is 2.38 bits per heavy atom. The molecule has 1 aliphatic heterocycles. The van der Waals surface area contributed by atoms with Gasteiger partial charge < -0.3 is 10.0 Å². The van der Waals surface area contributed by atoms with Crippen molar-refractivity contribution in [1.82, 2.24) is 15.3 Å². The molecule has 5 nitrogen and oxygen atoms in total. The van der Waals surface area contributed by atoms with Crippen LogP contribution in [0.3, 0.4) is 0 Å². The smallest absolute Gasteiger partial charge is 0.189 e.